The topological polar surface area (TPSA) is 86.8 Å². The molecule has 0 spiro atoms. The van der Waals surface area contributed by atoms with Crippen LogP contribution in [0.15, 0.2) is 84.9 Å². The van der Waals surface area contributed by atoms with E-state index in [0.717, 1.165) is 27.8 Å². The molecule has 7 nitrogen and oxygen atoms in total. The van der Waals surface area contributed by atoms with E-state index in [0.29, 0.717) is 6.42 Å². The van der Waals surface area contributed by atoms with E-state index in [4.69, 9.17) is 0 Å². The molecule has 0 saturated carbocycles. The summed E-state index contributed by atoms with van der Waals surface area (Å²) in [4.78, 5) is 28.9. The van der Waals surface area contributed by atoms with Crippen molar-refractivity contribution in [2.24, 2.45) is 0 Å². The predicted octanol–water partition coefficient (Wildman–Crippen LogP) is 4.15. The summed E-state index contributed by atoms with van der Waals surface area (Å²) in [6.45, 7) is 3.34. The molecule has 1 N–H and O–H groups in total. The Kier molecular flexibility index (Phi) is 10.0. The number of halogens is 1. The molecule has 3 rings (SSSR count). The quantitative estimate of drug-likeness (QED) is 0.375. The number of hydrogen-bond acceptors (Lipinski definition) is 4. The lowest BCUT2D eigenvalue weighted by Crippen LogP contribution is -2.54. The molecule has 3 aromatic rings. The summed E-state index contributed by atoms with van der Waals surface area (Å²) in [5.41, 5.74) is 1.67. The first-order valence-corrected chi connectivity index (χ1v) is 14.3. The van der Waals surface area contributed by atoms with Crippen molar-refractivity contribution < 1.29 is 22.4 Å². The number of hydrogen-bond donors (Lipinski definition) is 1. The molecule has 0 aliphatic rings. The molecule has 0 bridgehead atoms. The summed E-state index contributed by atoms with van der Waals surface area (Å²) in [5, 5.41) is 2.98. The number of carbonyl (C=O) groups is 2. The van der Waals surface area contributed by atoms with Crippen molar-refractivity contribution in [3.63, 3.8) is 0 Å². The van der Waals surface area contributed by atoms with Gasteiger partial charge in [-0.1, -0.05) is 73.7 Å². The molecule has 2 amide bonds. The van der Waals surface area contributed by atoms with Crippen LogP contribution in [0.3, 0.4) is 0 Å². The van der Waals surface area contributed by atoms with Gasteiger partial charge in [0.2, 0.25) is 21.8 Å². The third kappa shape index (κ3) is 8.14. The van der Waals surface area contributed by atoms with Crippen LogP contribution >= 0.6 is 0 Å². The fraction of sp³-hybridized carbons (Fsp3) is 0.310. The second-order valence-corrected chi connectivity index (χ2v) is 11.2. The van der Waals surface area contributed by atoms with Crippen LogP contribution in [0.2, 0.25) is 0 Å². The molecule has 2 atom stereocenters. The van der Waals surface area contributed by atoms with Gasteiger partial charge < -0.3 is 10.2 Å². The van der Waals surface area contributed by atoms with Gasteiger partial charge in [0.1, 0.15) is 18.4 Å². The summed E-state index contributed by atoms with van der Waals surface area (Å²) in [6.07, 6.45) is 1.90. The summed E-state index contributed by atoms with van der Waals surface area (Å²) in [6, 6.07) is 22.6. The number of nitrogens with one attached hydrogen (secondary N) is 1. The fourth-order valence-corrected chi connectivity index (χ4v) is 4.86. The molecule has 9 heteroatoms. The highest BCUT2D eigenvalue weighted by molar-refractivity contribution is 7.92. The standard InChI is InChI=1S/C29H34FN3O4S/c1-4-22(2)31-29(35)27(18-23-12-7-5-8-13-23)32(20-24-14-9-6-10-15-24)28(34)21-33(38(3,36)37)26-17-11-16-25(30)19-26/h5-17,19,22,27H,4,18,20-21H2,1-3H3,(H,31,35)/t22-,27-/m1/s1. The maximum absolute atomic E-state index is 14.0. The monoisotopic (exact) mass is 539 g/mol. The molecule has 0 aliphatic carbocycles. The molecule has 0 aromatic heterocycles. The SMILES string of the molecule is CC[C@@H](C)NC(=O)[C@@H](Cc1ccccc1)N(Cc1ccccc1)C(=O)CN(c1cccc(F)c1)S(C)(=O)=O. The highest BCUT2D eigenvalue weighted by Crippen LogP contribution is 2.21. The third-order valence-corrected chi connectivity index (χ3v) is 7.38. The molecule has 0 unspecified atom stereocenters. The minimum Gasteiger partial charge on any atom is -0.352 e. The summed E-state index contributed by atoms with van der Waals surface area (Å²) in [7, 11) is -3.95. The van der Waals surface area contributed by atoms with Crippen molar-refractivity contribution in [1.82, 2.24) is 10.2 Å². The van der Waals surface area contributed by atoms with Crippen molar-refractivity contribution in [3.8, 4) is 0 Å². The molecule has 0 fully saturated rings. The first kappa shape index (κ1) is 28.8. The van der Waals surface area contributed by atoms with Crippen molar-refractivity contribution in [2.75, 3.05) is 17.1 Å². The van der Waals surface area contributed by atoms with Gasteiger partial charge in [0.15, 0.2) is 0 Å². The first-order chi connectivity index (χ1) is 18.1. The number of anilines is 1. The Hall–Kier alpha value is -3.72. The van der Waals surface area contributed by atoms with Gasteiger partial charge in [-0.2, -0.15) is 0 Å². The van der Waals surface area contributed by atoms with Crippen LogP contribution in [0, 0.1) is 5.82 Å². The van der Waals surface area contributed by atoms with Crippen LogP contribution < -0.4 is 9.62 Å². The number of rotatable bonds is 12. The van der Waals surface area contributed by atoms with E-state index in [1.54, 1.807) is 0 Å². The molecule has 0 heterocycles. The van der Waals surface area contributed by atoms with Gasteiger partial charge in [-0.3, -0.25) is 13.9 Å². The molecule has 3 aromatic carbocycles. The Bertz CT molecular complexity index is 1320. The smallest absolute Gasteiger partial charge is 0.244 e. The van der Waals surface area contributed by atoms with Crippen LogP contribution in [-0.2, 0) is 32.6 Å². The lowest BCUT2D eigenvalue weighted by Gasteiger charge is -2.34. The lowest BCUT2D eigenvalue weighted by molar-refractivity contribution is -0.140. The molecule has 38 heavy (non-hydrogen) atoms. The van der Waals surface area contributed by atoms with Gasteiger partial charge in [-0.05, 0) is 42.7 Å². The van der Waals surface area contributed by atoms with Gasteiger partial charge in [-0.25, -0.2) is 12.8 Å². The lowest BCUT2D eigenvalue weighted by atomic mass is 10.0. The van der Waals surface area contributed by atoms with E-state index >= 15 is 0 Å². The normalized spacial score (nSPS) is 12.8. The summed E-state index contributed by atoms with van der Waals surface area (Å²) < 4.78 is 40.2. The number of sulfonamides is 1. The average Bonchev–Trinajstić information content (AvgIpc) is 2.89. The van der Waals surface area contributed by atoms with Gasteiger partial charge in [-0.15, -0.1) is 0 Å². The van der Waals surface area contributed by atoms with Crippen LogP contribution in [0.5, 0.6) is 0 Å². The zero-order valence-electron chi connectivity index (χ0n) is 21.9. The Labute approximate surface area is 224 Å². The maximum atomic E-state index is 14.0. The van der Waals surface area contributed by atoms with Crippen LogP contribution in [-0.4, -0.2) is 50.0 Å². The van der Waals surface area contributed by atoms with Crippen molar-refractivity contribution in [3.05, 3.63) is 102 Å². The van der Waals surface area contributed by atoms with E-state index in [9.17, 15) is 22.4 Å². The van der Waals surface area contributed by atoms with Crippen molar-refractivity contribution >= 4 is 27.5 Å². The predicted molar refractivity (Wildman–Crippen MR) is 147 cm³/mol. The Morgan fingerprint density at radius 3 is 2.08 bits per heavy atom. The molecule has 0 saturated heterocycles. The van der Waals surface area contributed by atoms with E-state index in [1.165, 1.54) is 23.1 Å². The maximum Gasteiger partial charge on any atom is 0.244 e. The molecule has 0 aliphatic heterocycles. The Balaban J connectivity index is 2.04. The Morgan fingerprint density at radius 2 is 1.53 bits per heavy atom. The fourth-order valence-electron chi connectivity index (χ4n) is 4.02. The molecule has 0 radical (unpaired) electrons. The van der Waals surface area contributed by atoms with Crippen molar-refractivity contribution in [1.29, 1.82) is 0 Å². The number of benzene rings is 3. The van der Waals surface area contributed by atoms with Gasteiger partial charge >= 0.3 is 0 Å². The molecular weight excluding hydrogens is 505 g/mol. The Morgan fingerprint density at radius 1 is 0.921 bits per heavy atom. The van der Waals surface area contributed by atoms with Crippen LogP contribution in [0.4, 0.5) is 10.1 Å². The summed E-state index contributed by atoms with van der Waals surface area (Å²) in [5.74, 6) is -1.53. The van der Waals surface area contributed by atoms with E-state index in [-0.39, 0.29) is 30.6 Å². The van der Waals surface area contributed by atoms with E-state index in [1.807, 2.05) is 74.5 Å². The van der Waals surface area contributed by atoms with Crippen LogP contribution in [0.1, 0.15) is 31.4 Å². The molecule has 202 valence electrons. The zero-order chi connectivity index (χ0) is 27.7. The minimum atomic E-state index is -3.95. The number of amides is 2. The largest absolute Gasteiger partial charge is 0.352 e. The van der Waals surface area contributed by atoms with Gasteiger partial charge in [0.25, 0.3) is 0 Å². The number of carbonyl (C=O) groups excluding carboxylic acids is 2. The molecular formula is C29H34FN3O4S. The highest BCUT2D eigenvalue weighted by Gasteiger charge is 2.33. The van der Waals surface area contributed by atoms with Crippen LogP contribution in [0.25, 0.3) is 0 Å². The average molecular weight is 540 g/mol. The number of nitrogens with zero attached hydrogens (tertiary/aromatic N) is 2. The van der Waals surface area contributed by atoms with Gasteiger partial charge in [0, 0.05) is 19.0 Å². The second-order valence-electron chi connectivity index (χ2n) is 9.28. The zero-order valence-corrected chi connectivity index (χ0v) is 22.7. The van der Waals surface area contributed by atoms with Gasteiger partial charge in [0.05, 0.1) is 11.9 Å². The first-order valence-electron chi connectivity index (χ1n) is 12.5. The van der Waals surface area contributed by atoms with E-state index < -0.39 is 34.3 Å². The second kappa shape index (κ2) is 13.2. The van der Waals surface area contributed by atoms with Crippen molar-refractivity contribution in [2.45, 2.75) is 45.3 Å². The minimum absolute atomic E-state index is 0.0316. The third-order valence-electron chi connectivity index (χ3n) is 6.24. The summed E-state index contributed by atoms with van der Waals surface area (Å²) >= 11 is 0. The van der Waals surface area contributed by atoms with E-state index in [2.05, 4.69) is 5.32 Å². The highest BCUT2D eigenvalue weighted by atomic mass is 32.2.